The Kier molecular flexibility index (Phi) is 10.1. The molecule has 29 heavy (non-hydrogen) atoms. The Balaban J connectivity index is 0.00000420. The summed E-state index contributed by atoms with van der Waals surface area (Å²) in [6.45, 7) is 3.28. The molecule has 2 N–H and O–H groups in total. The molecule has 0 spiro atoms. The summed E-state index contributed by atoms with van der Waals surface area (Å²) in [7, 11) is -1.67. The van der Waals surface area contributed by atoms with Gasteiger partial charge in [0.2, 0.25) is 10.0 Å². The molecule has 0 bridgehead atoms. The highest BCUT2D eigenvalue weighted by atomic mass is 127. The number of hydrogen-bond donors (Lipinski definition) is 2. The molecule has 1 aliphatic rings. The third kappa shape index (κ3) is 7.90. The number of nitrogens with zero attached hydrogens (tertiary/aromatic N) is 2. The molecule has 0 aliphatic carbocycles. The fourth-order valence-corrected chi connectivity index (χ4v) is 3.39. The van der Waals surface area contributed by atoms with Gasteiger partial charge in [-0.15, -0.1) is 24.0 Å². The van der Waals surface area contributed by atoms with Gasteiger partial charge in [0.25, 0.3) is 0 Å². The predicted molar refractivity (Wildman–Crippen MR) is 116 cm³/mol. The number of ether oxygens (including phenoxy) is 1. The number of sulfonamides is 1. The number of hydrogen-bond acceptors (Lipinski definition) is 4. The Bertz CT molecular complexity index is 790. The highest BCUT2D eigenvalue weighted by molar-refractivity contribution is 14.0. The van der Waals surface area contributed by atoms with Crippen LogP contribution in [0.5, 0.6) is 0 Å². The molecule has 0 amide bonds. The third-order valence-electron chi connectivity index (χ3n) is 4.27. The number of benzene rings is 1. The minimum atomic E-state index is -4.41. The maximum absolute atomic E-state index is 12.9. The molecule has 0 saturated carbocycles. The zero-order valence-electron chi connectivity index (χ0n) is 16.2. The van der Waals surface area contributed by atoms with Crippen molar-refractivity contribution in [3.63, 3.8) is 0 Å². The van der Waals surface area contributed by atoms with Crippen LogP contribution in [0.1, 0.15) is 24.2 Å². The fraction of sp³-hybridized carbons (Fsp3) is 0.588. The summed E-state index contributed by atoms with van der Waals surface area (Å²) in [6.07, 6.45) is -4.93. The monoisotopic (exact) mass is 550 g/mol. The number of guanidine groups is 1. The van der Waals surface area contributed by atoms with E-state index in [0.29, 0.717) is 37.8 Å². The molecule has 12 heteroatoms. The molecular weight excluding hydrogens is 524 g/mol. The first-order chi connectivity index (χ1) is 13.2. The second-order valence-electron chi connectivity index (χ2n) is 6.20. The molecule has 2 rings (SSSR count). The van der Waals surface area contributed by atoms with Crippen LogP contribution >= 0.6 is 24.0 Å². The van der Waals surface area contributed by atoms with Gasteiger partial charge in [-0.2, -0.15) is 13.2 Å². The average molecular weight is 550 g/mol. The summed E-state index contributed by atoms with van der Waals surface area (Å²) in [5.74, 6) is 0.542. The first-order valence-electron chi connectivity index (χ1n) is 8.88. The average Bonchev–Trinajstić information content (AvgIpc) is 2.67. The lowest BCUT2D eigenvalue weighted by Gasteiger charge is -2.35. The molecule has 1 fully saturated rings. The summed E-state index contributed by atoms with van der Waals surface area (Å²) in [6, 6.07) is 5.11. The Morgan fingerprint density at radius 1 is 1.34 bits per heavy atom. The molecular formula is C17H26F3IN4O3S. The van der Waals surface area contributed by atoms with Gasteiger partial charge in [-0.3, -0.25) is 4.99 Å². The van der Waals surface area contributed by atoms with Crippen molar-refractivity contribution in [2.45, 2.75) is 19.2 Å². The van der Waals surface area contributed by atoms with Crippen molar-refractivity contribution in [1.82, 2.24) is 14.9 Å². The number of alkyl halides is 3. The lowest BCUT2D eigenvalue weighted by atomic mass is 10.0. The van der Waals surface area contributed by atoms with Crippen LogP contribution in [0.2, 0.25) is 0 Å². The van der Waals surface area contributed by atoms with E-state index >= 15 is 0 Å². The third-order valence-corrected chi connectivity index (χ3v) is 5.68. The zero-order valence-corrected chi connectivity index (χ0v) is 19.3. The van der Waals surface area contributed by atoms with Crippen LogP contribution in [0.15, 0.2) is 29.3 Å². The Morgan fingerprint density at radius 3 is 2.69 bits per heavy atom. The van der Waals surface area contributed by atoms with Crippen molar-refractivity contribution < 1.29 is 26.3 Å². The molecule has 1 aliphatic heterocycles. The molecule has 1 unspecified atom stereocenters. The van der Waals surface area contributed by atoms with E-state index in [-0.39, 0.29) is 36.3 Å². The number of halogens is 4. The molecule has 1 atom stereocenters. The van der Waals surface area contributed by atoms with Crippen LogP contribution in [-0.4, -0.2) is 64.9 Å². The van der Waals surface area contributed by atoms with Crippen LogP contribution in [0.4, 0.5) is 13.2 Å². The van der Waals surface area contributed by atoms with Crippen molar-refractivity contribution >= 4 is 40.0 Å². The van der Waals surface area contributed by atoms with Crippen LogP contribution in [0, 0.1) is 0 Å². The van der Waals surface area contributed by atoms with Crippen LogP contribution < -0.4 is 10.0 Å². The van der Waals surface area contributed by atoms with Crippen molar-refractivity contribution in [1.29, 1.82) is 0 Å². The molecule has 7 nitrogen and oxygen atoms in total. The molecule has 0 radical (unpaired) electrons. The number of morpholine rings is 1. The highest BCUT2D eigenvalue weighted by Crippen LogP contribution is 2.32. The van der Waals surface area contributed by atoms with E-state index in [1.165, 1.54) is 6.07 Å². The van der Waals surface area contributed by atoms with Crippen molar-refractivity contribution in [2.75, 3.05) is 45.6 Å². The molecule has 1 aromatic carbocycles. The smallest absolute Gasteiger partial charge is 0.370 e. The number of rotatable bonds is 6. The van der Waals surface area contributed by atoms with E-state index in [1.807, 2.05) is 4.90 Å². The largest absolute Gasteiger partial charge is 0.416 e. The van der Waals surface area contributed by atoms with E-state index in [4.69, 9.17) is 4.74 Å². The van der Waals surface area contributed by atoms with Gasteiger partial charge >= 0.3 is 6.18 Å². The normalized spacial score (nSPS) is 18.3. The van der Waals surface area contributed by atoms with Crippen LogP contribution in [0.25, 0.3) is 0 Å². The second-order valence-corrected chi connectivity index (χ2v) is 8.30. The van der Waals surface area contributed by atoms with Crippen molar-refractivity contribution in [2.24, 2.45) is 4.99 Å². The first kappa shape index (κ1) is 25.9. The molecule has 0 aromatic heterocycles. The van der Waals surface area contributed by atoms with Gasteiger partial charge in [0.15, 0.2) is 5.96 Å². The summed E-state index contributed by atoms with van der Waals surface area (Å²) in [5.41, 5.74) is -0.262. The summed E-state index contributed by atoms with van der Waals surface area (Å²) >= 11 is 0. The van der Waals surface area contributed by atoms with Crippen LogP contribution in [0.3, 0.4) is 0 Å². The van der Waals surface area contributed by atoms with E-state index in [9.17, 15) is 21.6 Å². The Morgan fingerprint density at radius 2 is 2.07 bits per heavy atom. The van der Waals surface area contributed by atoms with Crippen LogP contribution in [-0.2, 0) is 20.9 Å². The maximum Gasteiger partial charge on any atom is 0.416 e. The molecule has 1 heterocycles. The van der Waals surface area contributed by atoms with Crippen molar-refractivity contribution in [3.05, 3.63) is 35.4 Å². The fourth-order valence-electron chi connectivity index (χ4n) is 2.77. The van der Waals surface area contributed by atoms with Gasteiger partial charge in [0.05, 0.1) is 24.5 Å². The minimum Gasteiger partial charge on any atom is -0.370 e. The van der Waals surface area contributed by atoms with Gasteiger partial charge in [0.1, 0.15) is 6.10 Å². The maximum atomic E-state index is 12.9. The highest BCUT2D eigenvalue weighted by Gasteiger charge is 2.32. The van der Waals surface area contributed by atoms with Gasteiger partial charge < -0.3 is 15.0 Å². The number of aliphatic imine (C=N–C) groups is 1. The van der Waals surface area contributed by atoms with Gasteiger partial charge in [0, 0.05) is 26.7 Å². The second kappa shape index (κ2) is 11.3. The first-order valence-corrected chi connectivity index (χ1v) is 10.5. The molecule has 1 aromatic rings. The summed E-state index contributed by atoms with van der Waals surface area (Å²) in [4.78, 5) is 6.05. The zero-order chi connectivity index (χ0) is 20.8. The van der Waals surface area contributed by atoms with Gasteiger partial charge in [-0.25, -0.2) is 13.1 Å². The van der Waals surface area contributed by atoms with Gasteiger partial charge in [-0.05, 0) is 24.6 Å². The van der Waals surface area contributed by atoms with E-state index in [1.54, 1.807) is 20.0 Å². The quantitative estimate of drug-likeness (QED) is 0.246. The number of nitrogens with one attached hydrogen (secondary N) is 2. The Hall–Kier alpha value is -1.12. The van der Waals surface area contributed by atoms with Crippen molar-refractivity contribution in [3.8, 4) is 0 Å². The summed E-state index contributed by atoms with van der Waals surface area (Å²) < 4.78 is 69.8. The lowest BCUT2D eigenvalue weighted by Crippen LogP contribution is -2.49. The SMILES string of the molecule is CCS(=O)(=O)NCCNC(=NC)N1CCOC(c2cccc(C(F)(F)F)c2)C1.I. The molecule has 166 valence electrons. The standard InChI is InChI=1S/C17H25F3N4O3S.HI/c1-3-28(25,26)23-8-7-22-16(21-2)24-9-10-27-15(12-24)13-5-4-6-14(11-13)17(18,19)20;/h4-6,11,15,23H,3,7-10,12H2,1-2H3,(H,21,22);1H. The van der Waals surface area contributed by atoms with E-state index < -0.39 is 27.9 Å². The summed E-state index contributed by atoms with van der Waals surface area (Å²) in [5, 5.41) is 3.06. The topological polar surface area (TPSA) is 83.0 Å². The van der Waals surface area contributed by atoms with Gasteiger partial charge in [-0.1, -0.05) is 12.1 Å². The van der Waals surface area contributed by atoms with E-state index in [0.717, 1.165) is 12.1 Å². The Labute approximate surface area is 186 Å². The molecule has 1 saturated heterocycles. The predicted octanol–water partition coefficient (Wildman–Crippen LogP) is 2.21. The lowest BCUT2D eigenvalue weighted by molar-refractivity contribution is -0.137. The van der Waals surface area contributed by atoms with E-state index in [2.05, 4.69) is 15.0 Å². The minimum absolute atomic E-state index is 0.